The molecule has 3 heterocycles. The van der Waals surface area contributed by atoms with Gasteiger partial charge in [-0.1, -0.05) is 36.4 Å². The predicted octanol–water partition coefficient (Wildman–Crippen LogP) is 4.27. The van der Waals surface area contributed by atoms with E-state index in [2.05, 4.69) is 45.8 Å². The number of aromatic amines is 1. The number of hydrogen-bond donors (Lipinski definition) is 2. The second kappa shape index (κ2) is 6.32. The van der Waals surface area contributed by atoms with Crippen LogP contribution in [0.1, 0.15) is 16.8 Å². The number of benzene rings is 2. The van der Waals surface area contributed by atoms with Crippen molar-refractivity contribution in [1.29, 1.82) is 0 Å². The molecule has 0 atom stereocenters. The molecule has 2 N–H and O–H groups in total. The molecule has 0 saturated heterocycles. The quantitative estimate of drug-likeness (QED) is 0.575. The number of rotatable bonds is 3. The molecular weight excluding hydrogens is 338 g/mol. The molecule has 0 amide bonds. The van der Waals surface area contributed by atoms with Crippen molar-refractivity contribution >= 4 is 11.5 Å². The second-order valence-electron chi connectivity index (χ2n) is 6.71. The molecule has 0 radical (unpaired) electrons. The van der Waals surface area contributed by atoms with Crippen molar-refractivity contribution in [2.75, 3.05) is 5.32 Å². The van der Waals surface area contributed by atoms with Crippen LogP contribution < -0.4 is 10.1 Å². The molecule has 134 valence electrons. The van der Waals surface area contributed by atoms with Crippen molar-refractivity contribution in [2.45, 2.75) is 20.1 Å². The van der Waals surface area contributed by atoms with Crippen molar-refractivity contribution in [3.8, 4) is 17.0 Å². The van der Waals surface area contributed by atoms with Crippen LogP contribution in [0.15, 0.2) is 60.8 Å². The number of hydrogen-bond acceptors (Lipinski definition) is 4. The van der Waals surface area contributed by atoms with E-state index in [9.17, 15) is 0 Å². The first-order valence-electron chi connectivity index (χ1n) is 8.91. The molecule has 1 aliphatic heterocycles. The number of H-pyrrole nitrogens is 1. The SMILES string of the molecule is Cc1cn[nH]c1Nc1ccc2c(c1)OCc1cc(-c3ccccc3)nn1C2. The van der Waals surface area contributed by atoms with E-state index in [4.69, 9.17) is 9.84 Å². The number of aryl methyl sites for hydroxylation is 1. The molecule has 0 fully saturated rings. The van der Waals surface area contributed by atoms with Gasteiger partial charge in [0.1, 0.15) is 18.2 Å². The molecule has 0 spiro atoms. The Morgan fingerprint density at radius 1 is 1.11 bits per heavy atom. The van der Waals surface area contributed by atoms with Crippen molar-refractivity contribution in [3.05, 3.63) is 77.6 Å². The van der Waals surface area contributed by atoms with Gasteiger partial charge in [-0.3, -0.25) is 9.78 Å². The molecule has 6 nitrogen and oxygen atoms in total. The van der Waals surface area contributed by atoms with Gasteiger partial charge in [0, 0.05) is 28.4 Å². The fraction of sp³-hybridized carbons (Fsp3) is 0.143. The minimum Gasteiger partial charge on any atom is -0.487 e. The van der Waals surface area contributed by atoms with Crippen LogP contribution in [0, 0.1) is 6.92 Å². The summed E-state index contributed by atoms with van der Waals surface area (Å²) in [7, 11) is 0. The Hall–Kier alpha value is -3.54. The maximum absolute atomic E-state index is 6.09. The van der Waals surface area contributed by atoms with Crippen LogP contribution in [-0.4, -0.2) is 20.0 Å². The molecular formula is C21H19N5O. The Balaban J connectivity index is 1.42. The zero-order valence-corrected chi connectivity index (χ0v) is 14.9. The molecule has 1 aliphatic rings. The smallest absolute Gasteiger partial charge is 0.130 e. The van der Waals surface area contributed by atoms with Gasteiger partial charge in [-0.25, -0.2) is 0 Å². The molecule has 5 rings (SSSR count). The normalized spacial score (nSPS) is 12.6. The Morgan fingerprint density at radius 3 is 2.81 bits per heavy atom. The minimum atomic E-state index is 0.499. The van der Waals surface area contributed by atoms with Gasteiger partial charge in [-0.2, -0.15) is 10.2 Å². The van der Waals surface area contributed by atoms with Gasteiger partial charge in [0.2, 0.25) is 0 Å². The third kappa shape index (κ3) is 2.95. The fourth-order valence-electron chi connectivity index (χ4n) is 3.29. The van der Waals surface area contributed by atoms with Crippen LogP contribution in [0.25, 0.3) is 11.3 Å². The third-order valence-electron chi connectivity index (χ3n) is 4.79. The average Bonchev–Trinajstić information content (AvgIpc) is 3.24. The summed E-state index contributed by atoms with van der Waals surface area (Å²) in [5.41, 5.74) is 6.32. The number of aromatic nitrogens is 4. The second-order valence-corrected chi connectivity index (χ2v) is 6.71. The lowest BCUT2D eigenvalue weighted by molar-refractivity contribution is 0.302. The Labute approximate surface area is 156 Å². The summed E-state index contributed by atoms with van der Waals surface area (Å²) in [4.78, 5) is 0. The molecule has 2 aromatic carbocycles. The number of nitrogens with one attached hydrogen (secondary N) is 2. The van der Waals surface area contributed by atoms with E-state index in [1.165, 1.54) is 0 Å². The largest absolute Gasteiger partial charge is 0.487 e. The van der Waals surface area contributed by atoms with Gasteiger partial charge in [0.25, 0.3) is 0 Å². The molecule has 2 aromatic heterocycles. The molecule has 0 unspecified atom stereocenters. The summed E-state index contributed by atoms with van der Waals surface area (Å²) in [6.45, 7) is 3.20. The van der Waals surface area contributed by atoms with E-state index in [0.717, 1.165) is 45.3 Å². The van der Waals surface area contributed by atoms with Crippen molar-refractivity contribution in [2.24, 2.45) is 0 Å². The number of anilines is 2. The van der Waals surface area contributed by atoms with E-state index in [-0.39, 0.29) is 0 Å². The first kappa shape index (κ1) is 15.7. The molecule has 0 saturated carbocycles. The van der Waals surface area contributed by atoms with E-state index >= 15 is 0 Å². The van der Waals surface area contributed by atoms with E-state index in [1.54, 1.807) is 6.20 Å². The monoisotopic (exact) mass is 357 g/mol. The zero-order chi connectivity index (χ0) is 18.2. The molecule has 0 aliphatic carbocycles. The van der Waals surface area contributed by atoms with Crippen molar-refractivity contribution in [1.82, 2.24) is 20.0 Å². The lowest BCUT2D eigenvalue weighted by Crippen LogP contribution is -2.04. The molecule has 6 heteroatoms. The van der Waals surface area contributed by atoms with Gasteiger partial charge in [0.05, 0.1) is 24.1 Å². The van der Waals surface area contributed by atoms with Crippen LogP contribution in [0.3, 0.4) is 0 Å². The lowest BCUT2D eigenvalue weighted by atomic mass is 10.1. The molecule has 0 bridgehead atoms. The maximum atomic E-state index is 6.09. The van der Waals surface area contributed by atoms with Crippen LogP contribution in [-0.2, 0) is 13.2 Å². The highest BCUT2D eigenvalue weighted by Gasteiger charge is 2.17. The fourth-order valence-corrected chi connectivity index (χ4v) is 3.29. The van der Waals surface area contributed by atoms with Crippen LogP contribution in [0.5, 0.6) is 5.75 Å². The first-order chi connectivity index (χ1) is 13.3. The molecule has 27 heavy (non-hydrogen) atoms. The summed E-state index contributed by atoms with van der Waals surface area (Å²) in [6, 6.07) is 18.5. The summed E-state index contributed by atoms with van der Waals surface area (Å²) in [5, 5.41) is 15.1. The van der Waals surface area contributed by atoms with Gasteiger partial charge in [0.15, 0.2) is 0 Å². The number of nitrogens with zero attached hydrogens (tertiary/aromatic N) is 3. The van der Waals surface area contributed by atoms with Crippen LogP contribution in [0.4, 0.5) is 11.5 Å². The average molecular weight is 357 g/mol. The topological polar surface area (TPSA) is 67.8 Å². The lowest BCUT2D eigenvalue weighted by Gasteiger charge is -2.11. The van der Waals surface area contributed by atoms with Crippen LogP contribution >= 0.6 is 0 Å². The number of fused-ring (bicyclic) bond motifs is 2. The van der Waals surface area contributed by atoms with Crippen molar-refractivity contribution < 1.29 is 4.74 Å². The van der Waals surface area contributed by atoms with Gasteiger partial charge in [-0.05, 0) is 19.1 Å². The number of ether oxygens (including phenoxy) is 1. The Bertz CT molecular complexity index is 1100. The van der Waals surface area contributed by atoms with Crippen molar-refractivity contribution in [3.63, 3.8) is 0 Å². The summed E-state index contributed by atoms with van der Waals surface area (Å²) in [6.07, 6.45) is 1.80. The minimum absolute atomic E-state index is 0.499. The van der Waals surface area contributed by atoms with Gasteiger partial charge < -0.3 is 10.1 Å². The maximum Gasteiger partial charge on any atom is 0.130 e. The van der Waals surface area contributed by atoms with E-state index < -0.39 is 0 Å². The highest BCUT2D eigenvalue weighted by atomic mass is 16.5. The summed E-state index contributed by atoms with van der Waals surface area (Å²) < 4.78 is 8.12. The zero-order valence-electron chi connectivity index (χ0n) is 14.9. The van der Waals surface area contributed by atoms with E-state index in [1.807, 2.05) is 35.9 Å². The Morgan fingerprint density at radius 2 is 2.00 bits per heavy atom. The Kier molecular flexibility index (Phi) is 3.67. The van der Waals surface area contributed by atoms with Gasteiger partial charge in [-0.15, -0.1) is 0 Å². The molecule has 4 aromatic rings. The summed E-state index contributed by atoms with van der Waals surface area (Å²) in [5.74, 6) is 1.77. The van der Waals surface area contributed by atoms with E-state index in [0.29, 0.717) is 13.2 Å². The standard InChI is InChI=1S/C21H19N5O/c1-14-11-22-24-21(14)23-17-8-7-16-12-26-18(13-27-20(16)9-17)10-19(25-26)15-5-3-2-4-6-15/h2-11H,12-13H2,1H3,(H2,22,23,24). The third-order valence-corrected chi connectivity index (χ3v) is 4.79. The highest BCUT2D eigenvalue weighted by molar-refractivity contribution is 5.62. The van der Waals surface area contributed by atoms with Gasteiger partial charge >= 0.3 is 0 Å². The predicted molar refractivity (Wildman–Crippen MR) is 104 cm³/mol. The van der Waals surface area contributed by atoms with Crippen LogP contribution in [0.2, 0.25) is 0 Å². The first-order valence-corrected chi connectivity index (χ1v) is 8.91. The highest BCUT2D eigenvalue weighted by Crippen LogP contribution is 2.31. The summed E-state index contributed by atoms with van der Waals surface area (Å²) >= 11 is 0.